The number of nitrogens with zero attached hydrogens (tertiary/aromatic N) is 1. The van der Waals surface area contributed by atoms with Gasteiger partial charge in [-0.25, -0.2) is 4.79 Å². The van der Waals surface area contributed by atoms with Crippen LogP contribution in [0.1, 0.15) is 67.2 Å². The lowest BCUT2D eigenvalue weighted by Crippen LogP contribution is -2.45. The topological polar surface area (TPSA) is 55.6 Å². The van der Waals surface area contributed by atoms with E-state index in [1.807, 2.05) is 20.8 Å². The molecule has 25 heavy (non-hydrogen) atoms. The molecule has 0 N–H and O–H groups in total. The number of carbonyl (C=O) groups excluding carboxylic acids is 2. The van der Waals surface area contributed by atoms with Crippen LogP contribution in [0.25, 0.3) is 0 Å². The Morgan fingerprint density at radius 1 is 1.12 bits per heavy atom. The van der Waals surface area contributed by atoms with Crippen LogP contribution in [0.5, 0.6) is 0 Å². The molecule has 1 amide bonds. The first-order chi connectivity index (χ1) is 11.2. The molecule has 6 heteroatoms. The molecule has 144 valence electrons. The highest BCUT2D eigenvalue weighted by Gasteiger charge is 2.66. The minimum atomic E-state index is -1.79. The van der Waals surface area contributed by atoms with Gasteiger partial charge in [-0.3, -0.25) is 4.90 Å². The molecule has 2 aliphatic rings. The van der Waals surface area contributed by atoms with Gasteiger partial charge >= 0.3 is 6.09 Å². The first-order valence-electron chi connectivity index (χ1n) is 9.39. The van der Waals surface area contributed by atoms with Crippen LogP contribution in [0.3, 0.4) is 0 Å². The molecule has 5 nitrogen and oxygen atoms in total. The molecule has 1 saturated heterocycles. The second-order valence-electron chi connectivity index (χ2n) is 10.1. The maximum absolute atomic E-state index is 12.4. The summed E-state index contributed by atoms with van der Waals surface area (Å²) in [5.74, 6) is 0. The minimum absolute atomic E-state index is 0.190. The van der Waals surface area contributed by atoms with E-state index in [9.17, 15) is 9.59 Å². The van der Waals surface area contributed by atoms with Gasteiger partial charge in [-0.2, -0.15) is 0 Å². The largest absolute Gasteiger partial charge is 0.444 e. The number of hydrogen-bond acceptors (Lipinski definition) is 4. The summed E-state index contributed by atoms with van der Waals surface area (Å²) in [5.41, 5.74) is -0.881. The Morgan fingerprint density at radius 2 is 1.64 bits per heavy atom. The van der Waals surface area contributed by atoms with Crippen LogP contribution in [0, 0.1) is 0 Å². The lowest BCUT2D eigenvalue weighted by molar-refractivity contribution is -0.108. The third kappa shape index (κ3) is 4.10. The first-order valence-corrected chi connectivity index (χ1v) is 12.3. The predicted octanol–water partition coefficient (Wildman–Crippen LogP) is 4.51. The fourth-order valence-electron chi connectivity index (χ4n) is 3.53. The number of ether oxygens (including phenoxy) is 1. The van der Waals surface area contributed by atoms with Gasteiger partial charge in [0.15, 0.2) is 8.32 Å². The number of aldehydes is 1. The lowest BCUT2D eigenvalue weighted by atomic mass is 9.84. The Labute approximate surface area is 153 Å². The predicted molar refractivity (Wildman–Crippen MR) is 101 cm³/mol. The van der Waals surface area contributed by atoms with E-state index in [-0.39, 0.29) is 28.8 Å². The first kappa shape index (κ1) is 20.4. The van der Waals surface area contributed by atoms with E-state index in [1.165, 1.54) is 0 Å². The molecule has 0 aromatic rings. The maximum atomic E-state index is 12.4. The van der Waals surface area contributed by atoms with Gasteiger partial charge in [-0.05, 0) is 64.6 Å². The van der Waals surface area contributed by atoms with E-state index in [0.29, 0.717) is 0 Å². The Balaban J connectivity index is 1.99. The van der Waals surface area contributed by atoms with Gasteiger partial charge in [0.05, 0.1) is 5.54 Å². The van der Waals surface area contributed by atoms with Crippen molar-refractivity contribution >= 4 is 20.7 Å². The van der Waals surface area contributed by atoms with E-state index in [2.05, 4.69) is 33.9 Å². The van der Waals surface area contributed by atoms with Crippen molar-refractivity contribution in [3.63, 3.8) is 0 Å². The SMILES string of the molecule is CC(C)(C)OC(=O)N1[C@H](C=O)C12CCC(O[Si](C)(C)C(C)(C)C)CC2. The molecule has 1 aliphatic carbocycles. The number of rotatable bonds is 3. The zero-order chi connectivity index (χ0) is 19.3. The average molecular weight is 370 g/mol. The molecule has 1 heterocycles. The van der Waals surface area contributed by atoms with Crippen LogP contribution in [0.15, 0.2) is 0 Å². The number of hydrogen-bond donors (Lipinski definition) is 0. The Kier molecular flexibility index (Phi) is 5.21. The zero-order valence-corrected chi connectivity index (χ0v) is 18.1. The molecule has 0 aromatic carbocycles. The summed E-state index contributed by atoms with van der Waals surface area (Å²) >= 11 is 0. The average Bonchev–Trinajstić information content (AvgIpc) is 3.05. The normalized spacial score (nSPS) is 30.3. The van der Waals surface area contributed by atoms with Crippen LogP contribution in [0.4, 0.5) is 4.79 Å². The van der Waals surface area contributed by atoms with Gasteiger partial charge < -0.3 is 14.0 Å². The van der Waals surface area contributed by atoms with E-state index >= 15 is 0 Å². The molecular formula is C19H35NO4Si. The zero-order valence-electron chi connectivity index (χ0n) is 17.1. The van der Waals surface area contributed by atoms with Crippen molar-refractivity contribution in [3.8, 4) is 0 Å². The highest BCUT2D eigenvalue weighted by atomic mass is 28.4. The third-order valence-corrected chi connectivity index (χ3v) is 10.6. The second kappa shape index (κ2) is 6.37. The molecule has 1 saturated carbocycles. The minimum Gasteiger partial charge on any atom is -0.444 e. The quantitative estimate of drug-likeness (QED) is 0.417. The van der Waals surface area contributed by atoms with E-state index in [4.69, 9.17) is 9.16 Å². The van der Waals surface area contributed by atoms with Crippen LogP contribution in [0.2, 0.25) is 18.1 Å². The van der Waals surface area contributed by atoms with E-state index in [0.717, 1.165) is 32.0 Å². The van der Waals surface area contributed by atoms with Crippen molar-refractivity contribution < 1.29 is 18.8 Å². The van der Waals surface area contributed by atoms with Gasteiger partial charge in [-0.15, -0.1) is 0 Å². The number of amides is 1. The van der Waals surface area contributed by atoms with Gasteiger partial charge in [0.2, 0.25) is 0 Å². The molecule has 0 aromatic heterocycles. The molecule has 2 fully saturated rings. The summed E-state index contributed by atoms with van der Waals surface area (Å²) in [6.45, 7) is 16.8. The summed E-state index contributed by atoms with van der Waals surface area (Å²) in [7, 11) is -1.79. The lowest BCUT2D eigenvalue weighted by Gasteiger charge is -2.41. The van der Waals surface area contributed by atoms with Gasteiger partial charge in [0.1, 0.15) is 17.9 Å². The van der Waals surface area contributed by atoms with Crippen LogP contribution < -0.4 is 0 Å². The summed E-state index contributed by atoms with van der Waals surface area (Å²) in [6, 6.07) is -0.337. The summed E-state index contributed by atoms with van der Waals surface area (Å²) in [4.78, 5) is 25.6. The molecule has 0 unspecified atom stereocenters. The second-order valence-corrected chi connectivity index (χ2v) is 14.9. The molecular weight excluding hydrogens is 334 g/mol. The van der Waals surface area contributed by atoms with Gasteiger partial charge in [0.25, 0.3) is 0 Å². The molecule has 0 radical (unpaired) electrons. The van der Waals surface area contributed by atoms with Crippen molar-refractivity contribution in [2.75, 3.05) is 0 Å². The van der Waals surface area contributed by atoms with E-state index in [1.54, 1.807) is 4.90 Å². The Hall–Kier alpha value is -0.883. The highest BCUT2D eigenvalue weighted by molar-refractivity contribution is 6.74. The summed E-state index contributed by atoms with van der Waals surface area (Å²) in [6.07, 6.45) is 4.20. The molecule has 2 rings (SSSR count). The molecule has 1 aliphatic heterocycles. The molecule has 1 atom stereocenters. The Morgan fingerprint density at radius 3 is 2.04 bits per heavy atom. The standard InChI is InChI=1S/C19H35NO4Si/c1-17(2,3)23-16(22)20-15(13-21)19(20)11-9-14(10-12-19)24-25(7,8)18(4,5)6/h13-15H,9-12H2,1-8H3/t14?,15-,19?,20?/m1/s1. The van der Waals surface area contributed by atoms with Crippen molar-refractivity contribution in [1.29, 1.82) is 0 Å². The number of carbonyl (C=O) groups is 2. The molecule has 0 bridgehead atoms. The fraction of sp³-hybridized carbons (Fsp3) is 0.895. The highest BCUT2D eigenvalue weighted by Crippen LogP contribution is 2.52. The van der Waals surface area contributed by atoms with Crippen LogP contribution in [-0.2, 0) is 14.0 Å². The van der Waals surface area contributed by atoms with Crippen molar-refractivity contribution in [1.82, 2.24) is 4.90 Å². The summed E-state index contributed by atoms with van der Waals surface area (Å²) in [5, 5.41) is 0.190. The van der Waals surface area contributed by atoms with Crippen LogP contribution in [-0.4, -0.2) is 48.9 Å². The maximum Gasteiger partial charge on any atom is 0.411 e. The van der Waals surface area contributed by atoms with Crippen molar-refractivity contribution in [2.24, 2.45) is 0 Å². The van der Waals surface area contributed by atoms with Gasteiger partial charge in [-0.1, -0.05) is 20.8 Å². The summed E-state index contributed by atoms with van der Waals surface area (Å²) < 4.78 is 12.0. The third-order valence-electron chi connectivity index (χ3n) is 6.03. The fourth-order valence-corrected chi connectivity index (χ4v) is 4.95. The van der Waals surface area contributed by atoms with Crippen molar-refractivity contribution in [2.45, 2.75) is 109 Å². The van der Waals surface area contributed by atoms with Gasteiger partial charge in [0, 0.05) is 6.10 Å². The monoisotopic (exact) mass is 369 g/mol. The van der Waals surface area contributed by atoms with Crippen molar-refractivity contribution in [3.05, 3.63) is 0 Å². The van der Waals surface area contributed by atoms with E-state index < -0.39 is 13.9 Å². The molecule has 1 spiro atoms. The Bertz CT molecular complexity index is 525. The smallest absolute Gasteiger partial charge is 0.411 e. The van der Waals surface area contributed by atoms with Crippen LogP contribution >= 0.6 is 0 Å².